The number of carbonyl (C=O) groups is 1. The first-order valence-electron chi connectivity index (χ1n) is 6.06. The molecule has 1 aromatic carbocycles. The second kappa shape index (κ2) is 6.40. The number of carbonyl (C=O) groups excluding carboxylic acids is 1. The topological polar surface area (TPSA) is 32.3 Å². The molecule has 1 rings (SSSR count). The van der Waals surface area contributed by atoms with E-state index < -0.39 is 0 Å². The van der Waals surface area contributed by atoms with E-state index in [-0.39, 0.29) is 12.1 Å². The Balaban J connectivity index is 2.70. The smallest absolute Gasteiger partial charge is 0.252 e. The molecule has 0 aliphatic heterocycles. The van der Waals surface area contributed by atoms with Crippen LogP contribution < -0.4 is 5.32 Å². The fraction of sp³-hybridized carbons (Fsp3) is 0.429. The van der Waals surface area contributed by atoms with E-state index in [1.165, 1.54) is 0 Å². The van der Waals surface area contributed by atoms with E-state index in [2.05, 4.69) is 31.0 Å². The van der Waals surface area contributed by atoms with E-state index in [0.717, 1.165) is 18.7 Å². The van der Waals surface area contributed by atoms with Crippen LogP contribution in [-0.4, -0.2) is 30.1 Å². The number of nitrogens with zero attached hydrogens (tertiary/aromatic N) is 1. The Morgan fingerprint density at radius 1 is 1.35 bits per heavy atom. The molecule has 1 amide bonds. The maximum atomic E-state index is 12.0. The van der Waals surface area contributed by atoms with E-state index in [1.54, 1.807) is 6.07 Å². The van der Waals surface area contributed by atoms with Crippen molar-refractivity contribution in [2.45, 2.75) is 26.9 Å². The molecule has 3 heteroatoms. The highest BCUT2D eigenvalue weighted by Gasteiger charge is 2.14. The maximum absolute atomic E-state index is 12.0. The Morgan fingerprint density at radius 3 is 2.47 bits per heavy atom. The van der Waals surface area contributed by atoms with Crippen molar-refractivity contribution in [1.82, 2.24) is 10.2 Å². The van der Waals surface area contributed by atoms with Gasteiger partial charge in [0.05, 0.1) is 6.17 Å². The van der Waals surface area contributed by atoms with Crippen molar-refractivity contribution >= 4 is 5.91 Å². The molecule has 0 saturated heterocycles. The minimum absolute atomic E-state index is 0.0390. The van der Waals surface area contributed by atoms with Crippen LogP contribution in [0.1, 0.15) is 36.7 Å². The normalized spacial score (nSPS) is 12.5. The van der Waals surface area contributed by atoms with Crippen molar-refractivity contribution in [2.24, 2.45) is 0 Å². The number of hydrogen-bond acceptors (Lipinski definition) is 2. The summed E-state index contributed by atoms with van der Waals surface area (Å²) < 4.78 is 0. The highest BCUT2D eigenvalue weighted by molar-refractivity contribution is 5.96. The molecule has 1 unspecified atom stereocenters. The van der Waals surface area contributed by atoms with Crippen LogP contribution in [0.3, 0.4) is 0 Å². The zero-order valence-corrected chi connectivity index (χ0v) is 10.9. The van der Waals surface area contributed by atoms with E-state index >= 15 is 0 Å². The van der Waals surface area contributed by atoms with Crippen LogP contribution in [0.15, 0.2) is 24.3 Å². The average molecular weight is 233 g/mol. The number of hydrogen-bond donors (Lipinski definition) is 1. The molecular weight excluding hydrogens is 212 g/mol. The van der Waals surface area contributed by atoms with Crippen LogP contribution in [-0.2, 0) is 0 Å². The zero-order valence-electron chi connectivity index (χ0n) is 10.9. The molecule has 0 aliphatic carbocycles. The molecule has 1 atom stereocenters. The van der Waals surface area contributed by atoms with Crippen molar-refractivity contribution in [3.63, 3.8) is 0 Å². The Bertz CT molecular complexity index is 372. The highest BCUT2D eigenvalue weighted by Crippen LogP contribution is 2.07. The fourth-order valence-corrected chi connectivity index (χ4v) is 1.87. The lowest BCUT2D eigenvalue weighted by molar-refractivity contribution is 0.0874. The Morgan fingerprint density at radius 2 is 1.94 bits per heavy atom. The second-order valence-corrected chi connectivity index (χ2v) is 4.03. The van der Waals surface area contributed by atoms with Gasteiger partial charge in [-0.05, 0) is 38.6 Å². The predicted octanol–water partition coefficient (Wildman–Crippen LogP) is 2.29. The monoisotopic (exact) mass is 233 g/mol. The summed E-state index contributed by atoms with van der Waals surface area (Å²) in [5.41, 5.74) is 1.41. The minimum atomic E-state index is -0.0602. The van der Waals surface area contributed by atoms with E-state index in [4.69, 9.17) is 0 Å². The van der Waals surface area contributed by atoms with Gasteiger partial charge in [0, 0.05) is 5.56 Å². The first-order valence-corrected chi connectivity index (χ1v) is 6.06. The largest absolute Gasteiger partial charge is 0.337 e. The second-order valence-electron chi connectivity index (χ2n) is 4.03. The molecule has 0 fully saturated rings. The predicted molar refractivity (Wildman–Crippen MR) is 70.8 cm³/mol. The summed E-state index contributed by atoms with van der Waals surface area (Å²) in [5.74, 6) is -0.0602. The standard InChI is InChI=1S/C14H21N2O/c1-5-16(6-2)12(4)15-14(17)13-10-8-7-9-11(13)3/h7-10,12H,3,5-6H2,1-2,4H3,(H,15,17). The number of benzene rings is 1. The molecule has 0 heterocycles. The quantitative estimate of drug-likeness (QED) is 0.791. The van der Waals surface area contributed by atoms with E-state index in [9.17, 15) is 4.79 Å². The lowest BCUT2D eigenvalue weighted by Gasteiger charge is -2.27. The SMILES string of the molecule is [CH2]c1ccccc1C(=O)NC(C)N(CC)CC. The first kappa shape index (κ1) is 13.7. The fourth-order valence-electron chi connectivity index (χ4n) is 1.87. The van der Waals surface area contributed by atoms with Gasteiger partial charge >= 0.3 is 0 Å². The summed E-state index contributed by atoms with van der Waals surface area (Å²) in [6.07, 6.45) is 0.0390. The minimum Gasteiger partial charge on any atom is -0.337 e. The molecule has 1 N–H and O–H groups in total. The van der Waals surface area contributed by atoms with Gasteiger partial charge in [0.1, 0.15) is 0 Å². The van der Waals surface area contributed by atoms with Crippen LogP contribution in [0.25, 0.3) is 0 Å². The van der Waals surface area contributed by atoms with Crippen LogP contribution >= 0.6 is 0 Å². The number of nitrogens with one attached hydrogen (secondary N) is 1. The Labute approximate surface area is 104 Å². The molecule has 0 bridgehead atoms. The van der Waals surface area contributed by atoms with Crippen molar-refractivity contribution < 1.29 is 4.79 Å². The molecule has 3 nitrogen and oxygen atoms in total. The molecular formula is C14H21N2O. The average Bonchev–Trinajstić information content (AvgIpc) is 2.31. The van der Waals surface area contributed by atoms with Crippen molar-refractivity contribution in [1.29, 1.82) is 0 Å². The summed E-state index contributed by atoms with van der Waals surface area (Å²) in [6.45, 7) is 11.9. The maximum Gasteiger partial charge on any atom is 0.252 e. The van der Waals surface area contributed by atoms with Crippen molar-refractivity contribution in [3.05, 3.63) is 42.3 Å². The van der Waals surface area contributed by atoms with Gasteiger partial charge in [0.25, 0.3) is 5.91 Å². The first-order chi connectivity index (χ1) is 8.10. The molecule has 93 valence electrons. The van der Waals surface area contributed by atoms with Gasteiger partial charge < -0.3 is 5.32 Å². The number of rotatable bonds is 5. The van der Waals surface area contributed by atoms with Gasteiger partial charge in [0.15, 0.2) is 0 Å². The van der Waals surface area contributed by atoms with Crippen LogP contribution in [0, 0.1) is 6.92 Å². The number of amides is 1. The summed E-state index contributed by atoms with van der Waals surface area (Å²) in [4.78, 5) is 14.2. The Hall–Kier alpha value is -1.35. The van der Waals surface area contributed by atoms with Gasteiger partial charge in [-0.2, -0.15) is 0 Å². The van der Waals surface area contributed by atoms with Gasteiger partial charge in [-0.15, -0.1) is 0 Å². The molecule has 1 aromatic rings. The van der Waals surface area contributed by atoms with Crippen molar-refractivity contribution in [2.75, 3.05) is 13.1 Å². The van der Waals surface area contributed by atoms with Gasteiger partial charge in [-0.1, -0.05) is 32.0 Å². The van der Waals surface area contributed by atoms with Crippen LogP contribution in [0.4, 0.5) is 0 Å². The third kappa shape index (κ3) is 3.56. The lowest BCUT2D eigenvalue weighted by atomic mass is 10.1. The summed E-state index contributed by atoms with van der Waals surface area (Å²) in [7, 11) is 0. The third-order valence-corrected chi connectivity index (χ3v) is 2.96. The summed E-state index contributed by atoms with van der Waals surface area (Å²) in [5, 5.41) is 2.99. The summed E-state index contributed by atoms with van der Waals surface area (Å²) in [6, 6.07) is 7.38. The summed E-state index contributed by atoms with van der Waals surface area (Å²) >= 11 is 0. The molecule has 0 saturated carbocycles. The Kier molecular flexibility index (Phi) is 5.16. The highest BCUT2D eigenvalue weighted by atomic mass is 16.1. The van der Waals surface area contributed by atoms with Crippen LogP contribution in [0.5, 0.6) is 0 Å². The molecule has 0 aromatic heterocycles. The van der Waals surface area contributed by atoms with Crippen LogP contribution in [0.2, 0.25) is 0 Å². The van der Waals surface area contributed by atoms with Gasteiger partial charge in [-0.25, -0.2) is 0 Å². The lowest BCUT2D eigenvalue weighted by Crippen LogP contribution is -2.46. The van der Waals surface area contributed by atoms with E-state index in [1.807, 2.05) is 25.1 Å². The third-order valence-electron chi connectivity index (χ3n) is 2.96. The van der Waals surface area contributed by atoms with Gasteiger partial charge in [0.2, 0.25) is 0 Å². The van der Waals surface area contributed by atoms with Gasteiger partial charge in [-0.3, -0.25) is 9.69 Å². The molecule has 0 spiro atoms. The molecule has 17 heavy (non-hydrogen) atoms. The van der Waals surface area contributed by atoms with E-state index in [0.29, 0.717) is 5.56 Å². The molecule has 0 aliphatic rings. The zero-order chi connectivity index (χ0) is 12.8. The molecule has 1 radical (unpaired) electrons. The van der Waals surface area contributed by atoms with Crippen molar-refractivity contribution in [3.8, 4) is 0 Å².